The molecule has 180 valence electrons. The van der Waals surface area contributed by atoms with Gasteiger partial charge in [-0.05, 0) is 99.6 Å². The minimum Gasteiger partial charge on any atom is -0.508 e. The van der Waals surface area contributed by atoms with Crippen LogP contribution < -0.4 is 0 Å². The topological polar surface area (TPSA) is 57.3 Å². The Morgan fingerprint density at radius 3 is 2.44 bits per heavy atom. The first-order valence-corrected chi connectivity index (χ1v) is 12.9. The van der Waals surface area contributed by atoms with Crippen LogP contribution in [0.15, 0.2) is 42.5 Å². The molecule has 1 aromatic carbocycles. The standard InChI is InChI=1S/C29H36N2O3/c1-2-24-25-13-14-27(33)26-19-22(20-34-18-8-4-7-17-30-15-5-3-6-16-30)29(31(25)26)28(24)21-9-11-23(32)12-10-21/h9-14,19,32-33H,2-8,15-18,20H2,1H3. The number of phenols is 1. The van der Waals surface area contributed by atoms with Crippen molar-refractivity contribution in [1.82, 2.24) is 9.30 Å². The van der Waals surface area contributed by atoms with Crippen LogP contribution in [-0.4, -0.2) is 45.8 Å². The molecule has 5 nitrogen and oxygen atoms in total. The van der Waals surface area contributed by atoms with Crippen molar-refractivity contribution in [2.45, 2.75) is 58.5 Å². The fraction of sp³-hybridized carbons (Fsp3) is 0.448. The lowest BCUT2D eigenvalue weighted by Crippen LogP contribution is -2.30. The van der Waals surface area contributed by atoms with Crippen molar-refractivity contribution < 1.29 is 14.9 Å². The van der Waals surface area contributed by atoms with E-state index in [0.29, 0.717) is 6.61 Å². The Bertz CT molecular complexity index is 1220. The van der Waals surface area contributed by atoms with Gasteiger partial charge in [-0.15, -0.1) is 0 Å². The lowest BCUT2D eigenvalue weighted by molar-refractivity contribution is 0.116. The molecule has 0 spiro atoms. The molecule has 1 aliphatic heterocycles. The highest BCUT2D eigenvalue weighted by molar-refractivity contribution is 5.98. The van der Waals surface area contributed by atoms with E-state index in [1.165, 1.54) is 62.9 Å². The average Bonchev–Trinajstić information content (AvgIpc) is 3.40. The van der Waals surface area contributed by atoms with Crippen molar-refractivity contribution >= 4 is 16.6 Å². The van der Waals surface area contributed by atoms with E-state index >= 15 is 0 Å². The van der Waals surface area contributed by atoms with Gasteiger partial charge in [0.05, 0.1) is 23.2 Å². The average molecular weight is 461 g/mol. The number of likely N-dealkylation sites (tertiary alicyclic amines) is 1. The summed E-state index contributed by atoms with van der Waals surface area (Å²) in [5, 5.41) is 20.4. The molecule has 4 heterocycles. The maximum Gasteiger partial charge on any atom is 0.139 e. The van der Waals surface area contributed by atoms with Crippen LogP contribution in [0.3, 0.4) is 0 Å². The summed E-state index contributed by atoms with van der Waals surface area (Å²) >= 11 is 0. The number of aromatic hydroxyl groups is 2. The second-order valence-electron chi connectivity index (χ2n) is 9.61. The number of ether oxygens (including phenoxy) is 1. The number of benzene rings is 1. The molecule has 0 unspecified atom stereocenters. The molecule has 1 saturated heterocycles. The molecule has 0 radical (unpaired) electrons. The fourth-order valence-corrected chi connectivity index (χ4v) is 5.59. The molecule has 5 heteroatoms. The minimum atomic E-state index is 0.264. The summed E-state index contributed by atoms with van der Waals surface area (Å²) in [5.41, 5.74) is 7.65. The molecule has 1 aliphatic rings. The smallest absolute Gasteiger partial charge is 0.139 e. The van der Waals surface area contributed by atoms with Crippen LogP contribution in [-0.2, 0) is 17.8 Å². The van der Waals surface area contributed by atoms with Gasteiger partial charge < -0.3 is 24.3 Å². The van der Waals surface area contributed by atoms with Gasteiger partial charge in [-0.2, -0.15) is 0 Å². The van der Waals surface area contributed by atoms with E-state index < -0.39 is 0 Å². The van der Waals surface area contributed by atoms with Gasteiger partial charge in [0.1, 0.15) is 11.5 Å². The summed E-state index contributed by atoms with van der Waals surface area (Å²) in [6.07, 6.45) is 8.51. The van der Waals surface area contributed by atoms with Crippen molar-refractivity contribution in [3.63, 3.8) is 0 Å². The molecule has 0 atom stereocenters. The first-order chi connectivity index (χ1) is 16.7. The second-order valence-corrected chi connectivity index (χ2v) is 9.61. The van der Waals surface area contributed by atoms with Crippen LogP contribution in [0.1, 0.15) is 56.6 Å². The first-order valence-electron chi connectivity index (χ1n) is 12.9. The normalized spacial score (nSPS) is 15.1. The summed E-state index contributed by atoms with van der Waals surface area (Å²) in [6, 6.07) is 13.3. The molecule has 1 fully saturated rings. The summed E-state index contributed by atoms with van der Waals surface area (Å²) < 4.78 is 8.32. The van der Waals surface area contributed by atoms with Crippen LogP contribution in [0.4, 0.5) is 0 Å². The van der Waals surface area contributed by atoms with Gasteiger partial charge in [0.15, 0.2) is 0 Å². The number of nitrogens with zero attached hydrogens (tertiary/aromatic N) is 2. The third-order valence-corrected chi connectivity index (χ3v) is 7.31. The number of aryl methyl sites for hydroxylation is 1. The summed E-state index contributed by atoms with van der Waals surface area (Å²) in [4.78, 5) is 2.60. The Hall–Kier alpha value is -2.76. The number of hydrogen-bond acceptors (Lipinski definition) is 4. The molecule has 34 heavy (non-hydrogen) atoms. The number of piperidine rings is 1. The zero-order chi connectivity index (χ0) is 23.5. The van der Waals surface area contributed by atoms with E-state index in [4.69, 9.17) is 4.74 Å². The highest BCUT2D eigenvalue weighted by Gasteiger charge is 2.23. The lowest BCUT2D eigenvalue weighted by atomic mass is 9.98. The van der Waals surface area contributed by atoms with E-state index in [1.54, 1.807) is 18.2 Å². The van der Waals surface area contributed by atoms with Crippen molar-refractivity contribution in [2.24, 2.45) is 0 Å². The van der Waals surface area contributed by atoms with Crippen LogP contribution in [0.25, 0.3) is 27.7 Å². The lowest BCUT2D eigenvalue weighted by Gasteiger charge is -2.26. The van der Waals surface area contributed by atoms with Crippen molar-refractivity contribution in [3.05, 3.63) is 53.6 Å². The zero-order valence-electron chi connectivity index (χ0n) is 20.2. The Morgan fingerprint density at radius 1 is 0.882 bits per heavy atom. The Morgan fingerprint density at radius 2 is 1.68 bits per heavy atom. The Balaban J connectivity index is 1.32. The Labute approximate surface area is 201 Å². The first kappa shape index (κ1) is 23.0. The number of aromatic nitrogens is 1. The highest BCUT2D eigenvalue weighted by atomic mass is 16.5. The molecule has 2 N–H and O–H groups in total. The number of phenolic OH excluding ortho intramolecular Hbond substituents is 1. The molecule has 3 aromatic heterocycles. The van der Waals surface area contributed by atoms with E-state index in [2.05, 4.69) is 22.3 Å². The van der Waals surface area contributed by atoms with E-state index in [1.807, 2.05) is 18.2 Å². The summed E-state index contributed by atoms with van der Waals surface area (Å²) in [6.45, 7) is 7.21. The van der Waals surface area contributed by atoms with Crippen LogP contribution in [0.5, 0.6) is 11.5 Å². The molecular weight excluding hydrogens is 424 g/mol. The van der Waals surface area contributed by atoms with Gasteiger partial charge in [-0.25, -0.2) is 0 Å². The third-order valence-electron chi connectivity index (χ3n) is 7.31. The predicted octanol–water partition coefficient (Wildman–Crippen LogP) is 6.34. The van der Waals surface area contributed by atoms with E-state index in [-0.39, 0.29) is 11.5 Å². The van der Waals surface area contributed by atoms with E-state index in [9.17, 15) is 10.2 Å². The monoisotopic (exact) mass is 460 g/mol. The SMILES string of the molecule is CCc1c(-c2ccc(O)cc2)c2c(COCCCCCN3CCCCC3)cc3c(O)ccc1n32. The van der Waals surface area contributed by atoms with Crippen LogP contribution >= 0.6 is 0 Å². The van der Waals surface area contributed by atoms with Crippen LogP contribution in [0.2, 0.25) is 0 Å². The second kappa shape index (κ2) is 10.2. The molecule has 0 aliphatic carbocycles. The number of rotatable bonds is 10. The maximum atomic E-state index is 10.6. The largest absolute Gasteiger partial charge is 0.508 e. The van der Waals surface area contributed by atoms with Crippen molar-refractivity contribution in [3.8, 4) is 22.6 Å². The highest BCUT2D eigenvalue weighted by Crippen LogP contribution is 2.42. The summed E-state index contributed by atoms with van der Waals surface area (Å²) in [7, 11) is 0. The van der Waals surface area contributed by atoms with Gasteiger partial charge in [0, 0.05) is 17.7 Å². The molecule has 0 saturated carbocycles. The number of hydrogen-bond donors (Lipinski definition) is 2. The zero-order valence-corrected chi connectivity index (χ0v) is 20.2. The van der Waals surface area contributed by atoms with Crippen LogP contribution in [0, 0.1) is 0 Å². The Kier molecular flexibility index (Phi) is 6.93. The van der Waals surface area contributed by atoms with Crippen molar-refractivity contribution in [1.29, 1.82) is 0 Å². The fourth-order valence-electron chi connectivity index (χ4n) is 5.59. The molecule has 0 bridgehead atoms. The van der Waals surface area contributed by atoms with Gasteiger partial charge in [0.25, 0.3) is 0 Å². The third kappa shape index (κ3) is 4.47. The maximum absolute atomic E-state index is 10.6. The number of pyridine rings is 1. The van der Waals surface area contributed by atoms with Gasteiger partial charge in [-0.1, -0.05) is 25.5 Å². The predicted molar refractivity (Wildman–Crippen MR) is 138 cm³/mol. The van der Waals surface area contributed by atoms with Gasteiger partial charge in [-0.3, -0.25) is 0 Å². The number of unbranched alkanes of at least 4 members (excludes halogenated alkanes) is 2. The van der Waals surface area contributed by atoms with Gasteiger partial charge in [0.2, 0.25) is 0 Å². The van der Waals surface area contributed by atoms with Crippen molar-refractivity contribution in [2.75, 3.05) is 26.2 Å². The molecule has 0 amide bonds. The molecule has 4 aromatic rings. The van der Waals surface area contributed by atoms with Gasteiger partial charge >= 0.3 is 0 Å². The molecular formula is C29H36N2O3. The minimum absolute atomic E-state index is 0.264. The molecule has 5 rings (SSSR count). The van der Waals surface area contributed by atoms with E-state index in [0.717, 1.165) is 47.1 Å². The summed E-state index contributed by atoms with van der Waals surface area (Å²) in [5.74, 6) is 0.552. The quantitative estimate of drug-likeness (QED) is 0.271.